The number of hydrogen-bond acceptors (Lipinski definition) is 6. The van der Waals surface area contributed by atoms with Gasteiger partial charge in [0.05, 0.1) is 29.4 Å². The van der Waals surface area contributed by atoms with Crippen molar-refractivity contribution < 1.29 is 32.5 Å². The highest BCUT2D eigenvalue weighted by atomic mass is 19.4. The number of aliphatic hydroxyl groups excluding tert-OH is 1. The molecule has 2 aliphatic heterocycles. The molecule has 0 radical (unpaired) electrons. The Hall–Kier alpha value is -2.53. The van der Waals surface area contributed by atoms with E-state index in [1.807, 2.05) is 0 Å². The van der Waals surface area contributed by atoms with Crippen LogP contribution in [0.4, 0.5) is 13.2 Å². The molecule has 3 aromatic rings. The first kappa shape index (κ1) is 20.4. The molecule has 2 aliphatic rings. The molecule has 0 amide bonds. The quantitative estimate of drug-likeness (QED) is 0.678. The fourth-order valence-electron chi connectivity index (χ4n) is 4.20. The third kappa shape index (κ3) is 3.39. The molecule has 164 valence electrons. The van der Waals surface area contributed by atoms with Gasteiger partial charge >= 0.3 is 6.18 Å². The maximum absolute atomic E-state index is 13.9. The fraction of sp³-hybridized carbons (Fsp3) is 0.429. The molecule has 0 saturated carbocycles. The third-order valence-electron chi connectivity index (χ3n) is 5.49. The topological polar surface area (TPSA) is 78.6 Å². The molecule has 0 spiro atoms. The molecule has 0 aliphatic carbocycles. The molecule has 1 aromatic carbocycles. The molecule has 2 aromatic heterocycles. The highest BCUT2D eigenvalue weighted by Crippen LogP contribution is 2.44. The number of aromatic nitrogens is 3. The van der Waals surface area contributed by atoms with Gasteiger partial charge in [-0.3, -0.25) is 0 Å². The Morgan fingerprint density at radius 3 is 2.52 bits per heavy atom. The summed E-state index contributed by atoms with van der Waals surface area (Å²) in [4.78, 5) is 4.49. The Balaban J connectivity index is 1.67. The van der Waals surface area contributed by atoms with Crippen LogP contribution in [-0.2, 0) is 20.4 Å². The monoisotopic (exact) mass is 435 g/mol. The first-order chi connectivity index (χ1) is 14.7. The van der Waals surface area contributed by atoms with E-state index in [0.29, 0.717) is 5.56 Å². The van der Waals surface area contributed by atoms with Gasteiger partial charge < -0.3 is 19.3 Å². The van der Waals surface area contributed by atoms with Crippen LogP contribution in [0.25, 0.3) is 22.3 Å². The first-order valence-corrected chi connectivity index (χ1v) is 9.81. The van der Waals surface area contributed by atoms with E-state index in [9.17, 15) is 18.3 Å². The standard InChI is InChI=1S/C21H20F3N3O4/c1-20(2)30-16-15(10-28)29-19(17(16)31-20)27-18-12(9-25-27)13(21(22,23)24)8-14(26-18)11-6-4-3-5-7-11/h3-9,15-17,19,28H,10H2,1-2H3/t15-,16-,17-,19-/m1/s1. The van der Waals surface area contributed by atoms with Crippen molar-refractivity contribution in [2.75, 3.05) is 6.61 Å². The van der Waals surface area contributed by atoms with Crippen molar-refractivity contribution in [2.24, 2.45) is 0 Å². The van der Waals surface area contributed by atoms with Gasteiger partial charge in [0.2, 0.25) is 0 Å². The molecule has 0 unspecified atom stereocenters. The first-order valence-electron chi connectivity index (χ1n) is 9.81. The van der Waals surface area contributed by atoms with E-state index in [1.54, 1.807) is 44.2 Å². The van der Waals surface area contributed by atoms with Gasteiger partial charge in [-0.05, 0) is 19.9 Å². The molecule has 1 N–H and O–H groups in total. The lowest BCUT2D eigenvalue weighted by Crippen LogP contribution is -2.31. The third-order valence-corrected chi connectivity index (χ3v) is 5.49. The number of halogens is 3. The van der Waals surface area contributed by atoms with Crippen molar-refractivity contribution in [1.29, 1.82) is 0 Å². The second kappa shape index (κ2) is 6.99. The normalized spacial score (nSPS) is 27.7. The molecule has 2 saturated heterocycles. The minimum atomic E-state index is -4.60. The molecule has 5 rings (SSSR count). The summed E-state index contributed by atoms with van der Waals surface area (Å²) in [5, 5.41) is 13.7. The molecular formula is C21H20F3N3O4. The Morgan fingerprint density at radius 1 is 1.13 bits per heavy atom. The van der Waals surface area contributed by atoms with Gasteiger partial charge in [-0.1, -0.05) is 30.3 Å². The van der Waals surface area contributed by atoms with Crippen molar-refractivity contribution in [2.45, 2.75) is 50.4 Å². The summed E-state index contributed by atoms with van der Waals surface area (Å²) in [6.07, 6.45) is -6.31. The average Bonchev–Trinajstić information content (AvgIpc) is 3.37. The zero-order chi connectivity index (χ0) is 22.0. The van der Waals surface area contributed by atoms with Crippen LogP contribution in [0.2, 0.25) is 0 Å². The van der Waals surface area contributed by atoms with Crippen molar-refractivity contribution in [3.63, 3.8) is 0 Å². The second-order valence-corrected chi connectivity index (χ2v) is 8.06. The lowest BCUT2D eigenvalue weighted by molar-refractivity contribution is -0.201. The van der Waals surface area contributed by atoms with Crippen LogP contribution in [0.5, 0.6) is 0 Å². The number of pyridine rings is 1. The summed E-state index contributed by atoms with van der Waals surface area (Å²) in [7, 11) is 0. The molecule has 31 heavy (non-hydrogen) atoms. The van der Waals surface area contributed by atoms with Gasteiger partial charge in [-0.15, -0.1) is 0 Å². The van der Waals surface area contributed by atoms with Gasteiger partial charge in [0.15, 0.2) is 17.7 Å². The van der Waals surface area contributed by atoms with Crippen LogP contribution < -0.4 is 0 Å². The smallest absolute Gasteiger partial charge is 0.394 e. The van der Waals surface area contributed by atoms with Crippen molar-refractivity contribution >= 4 is 11.0 Å². The zero-order valence-electron chi connectivity index (χ0n) is 16.7. The maximum Gasteiger partial charge on any atom is 0.417 e. The maximum atomic E-state index is 13.9. The van der Waals surface area contributed by atoms with Gasteiger partial charge in [-0.2, -0.15) is 18.3 Å². The summed E-state index contributed by atoms with van der Waals surface area (Å²) in [5.74, 6) is -0.923. The van der Waals surface area contributed by atoms with Crippen LogP contribution in [-0.4, -0.2) is 50.6 Å². The van der Waals surface area contributed by atoms with E-state index < -0.39 is 42.1 Å². The average molecular weight is 435 g/mol. The molecule has 4 atom stereocenters. The molecule has 10 heteroatoms. The Morgan fingerprint density at radius 2 is 1.84 bits per heavy atom. The zero-order valence-corrected chi connectivity index (χ0v) is 16.7. The highest BCUT2D eigenvalue weighted by molar-refractivity contribution is 5.83. The SMILES string of the molecule is CC1(C)O[C@@H]2[C@H](O1)[C@@H](CO)O[C@H]2n1ncc2c(C(F)(F)F)cc(-c3ccccc3)nc21. The fourth-order valence-corrected chi connectivity index (χ4v) is 4.20. The number of hydrogen-bond donors (Lipinski definition) is 1. The molecular weight excluding hydrogens is 415 g/mol. The van der Waals surface area contributed by atoms with E-state index in [4.69, 9.17) is 14.2 Å². The lowest BCUT2D eigenvalue weighted by atomic mass is 10.1. The van der Waals surface area contributed by atoms with Gasteiger partial charge in [0.1, 0.15) is 18.3 Å². The summed E-state index contributed by atoms with van der Waals surface area (Å²) in [5.41, 5.74) is -0.105. The largest absolute Gasteiger partial charge is 0.417 e. The molecule has 0 bridgehead atoms. The molecule has 4 heterocycles. The van der Waals surface area contributed by atoms with Crippen LogP contribution in [0.1, 0.15) is 25.6 Å². The van der Waals surface area contributed by atoms with Crippen molar-refractivity contribution in [3.8, 4) is 11.3 Å². The summed E-state index contributed by atoms with van der Waals surface area (Å²) < 4.78 is 60.5. The highest BCUT2D eigenvalue weighted by Gasteiger charge is 2.56. The van der Waals surface area contributed by atoms with Gasteiger partial charge in [0, 0.05) is 5.56 Å². The van der Waals surface area contributed by atoms with Gasteiger partial charge in [-0.25, -0.2) is 9.67 Å². The number of rotatable bonds is 3. The Labute approximate surface area is 175 Å². The number of alkyl halides is 3. The van der Waals surface area contributed by atoms with Crippen LogP contribution in [0.3, 0.4) is 0 Å². The van der Waals surface area contributed by atoms with Gasteiger partial charge in [0.25, 0.3) is 0 Å². The van der Waals surface area contributed by atoms with E-state index in [1.165, 1.54) is 4.68 Å². The minimum absolute atomic E-state index is 0.0179. The van der Waals surface area contributed by atoms with Crippen LogP contribution in [0, 0.1) is 0 Å². The number of aliphatic hydroxyl groups is 1. The number of fused-ring (bicyclic) bond motifs is 2. The number of nitrogens with zero attached hydrogens (tertiary/aromatic N) is 3. The number of benzene rings is 1. The van der Waals surface area contributed by atoms with Crippen LogP contribution in [0.15, 0.2) is 42.6 Å². The molecule has 7 nitrogen and oxygen atoms in total. The molecule has 2 fully saturated rings. The predicted molar refractivity (Wildman–Crippen MR) is 103 cm³/mol. The Kier molecular flexibility index (Phi) is 4.60. The van der Waals surface area contributed by atoms with E-state index >= 15 is 0 Å². The second-order valence-electron chi connectivity index (χ2n) is 8.06. The van der Waals surface area contributed by atoms with E-state index in [-0.39, 0.29) is 23.3 Å². The minimum Gasteiger partial charge on any atom is -0.394 e. The van der Waals surface area contributed by atoms with E-state index in [0.717, 1.165) is 12.3 Å². The van der Waals surface area contributed by atoms with Crippen molar-refractivity contribution in [1.82, 2.24) is 14.8 Å². The van der Waals surface area contributed by atoms with E-state index in [2.05, 4.69) is 10.1 Å². The predicted octanol–water partition coefficient (Wildman–Crippen LogP) is 3.53. The lowest BCUT2D eigenvalue weighted by Gasteiger charge is -2.24. The summed E-state index contributed by atoms with van der Waals surface area (Å²) in [6, 6.07) is 9.64. The Bertz CT molecular complexity index is 1120. The van der Waals surface area contributed by atoms with Crippen molar-refractivity contribution in [3.05, 3.63) is 48.2 Å². The summed E-state index contributed by atoms with van der Waals surface area (Å²) >= 11 is 0. The van der Waals surface area contributed by atoms with Crippen LogP contribution >= 0.6 is 0 Å². The number of ether oxygens (including phenoxy) is 3. The summed E-state index contributed by atoms with van der Waals surface area (Å²) in [6.45, 7) is 3.13.